The van der Waals surface area contributed by atoms with Crippen molar-refractivity contribution in [2.24, 2.45) is 0 Å². The number of piperidine rings is 2. The SMILES string of the molecule is C1=CNC(CN(CCC2CCCCN2)CCC2CCCCN2)C=C1. The van der Waals surface area contributed by atoms with Crippen molar-refractivity contribution in [3.63, 3.8) is 0 Å². The highest BCUT2D eigenvalue weighted by Gasteiger charge is 2.19. The summed E-state index contributed by atoms with van der Waals surface area (Å²) in [5, 5.41) is 10.9. The number of hydrogen-bond acceptors (Lipinski definition) is 4. The van der Waals surface area contributed by atoms with Crippen molar-refractivity contribution in [1.29, 1.82) is 0 Å². The fourth-order valence-electron chi connectivity index (χ4n) is 4.19. The van der Waals surface area contributed by atoms with Crippen LogP contribution in [-0.2, 0) is 0 Å². The molecule has 3 heterocycles. The minimum absolute atomic E-state index is 0.466. The summed E-state index contributed by atoms with van der Waals surface area (Å²) in [6.45, 7) is 6.00. The smallest absolute Gasteiger partial charge is 0.0569 e. The molecule has 0 saturated carbocycles. The van der Waals surface area contributed by atoms with Gasteiger partial charge in [0.25, 0.3) is 0 Å². The van der Waals surface area contributed by atoms with E-state index in [1.165, 1.54) is 77.5 Å². The van der Waals surface area contributed by atoms with Crippen molar-refractivity contribution >= 4 is 0 Å². The fraction of sp³-hybridized carbons (Fsp3) is 0.800. The number of hydrogen-bond donors (Lipinski definition) is 3. The molecule has 0 radical (unpaired) electrons. The normalized spacial score (nSPS) is 30.5. The second-order valence-corrected chi connectivity index (χ2v) is 7.69. The molecule has 0 aromatic carbocycles. The van der Waals surface area contributed by atoms with E-state index in [9.17, 15) is 0 Å². The zero-order valence-corrected chi connectivity index (χ0v) is 15.2. The van der Waals surface area contributed by atoms with Crippen molar-refractivity contribution in [1.82, 2.24) is 20.9 Å². The van der Waals surface area contributed by atoms with Crippen molar-refractivity contribution in [2.75, 3.05) is 32.7 Å². The fourth-order valence-corrected chi connectivity index (χ4v) is 4.19. The van der Waals surface area contributed by atoms with Gasteiger partial charge in [-0.25, -0.2) is 0 Å². The van der Waals surface area contributed by atoms with E-state index in [1.54, 1.807) is 0 Å². The molecule has 0 spiro atoms. The van der Waals surface area contributed by atoms with Gasteiger partial charge in [0, 0.05) is 18.6 Å². The molecule has 0 aromatic heterocycles. The van der Waals surface area contributed by atoms with E-state index in [2.05, 4.69) is 45.3 Å². The van der Waals surface area contributed by atoms with Crippen LogP contribution in [0, 0.1) is 0 Å². The Morgan fingerprint density at radius 3 is 2.00 bits per heavy atom. The van der Waals surface area contributed by atoms with Gasteiger partial charge in [-0.3, -0.25) is 0 Å². The summed E-state index contributed by atoms with van der Waals surface area (Å²) in [5.74, 6) is 0. The first-order valence-electron chi connectivity index (χ1n) is 10.2. The summed E-state index contributed by atoms with van der Waals surface area (Å²) in [6.07, 6.45) is 19.5. The van der Waals surface area contributed by atoms with Crippen LogP contribution in [0.4, 0.5) is 0 Å². The van der Waals surface area contributed by atoms with E-state index in [1.807, 2.05) is 0 Å². The van der Waals surface area contributed by atoms with Crippen molar-refractivity contribution in [2.45, 2.75) is 69.5 Å². The molecule has 0 amide bonds. The first-order valence-corrected chi connectivity index (χ1v) is 10.2. The maximum atomic E-state index is 3.70. The molecule has 3 unspecified atom stereocenters. The molecule has 4 nitrogen and oxygen atoms in total. The van der Waals surface area contributed by atoms with Gasteiger partial charge in [-0.2, -0.15) is 0 Å². The minimum Gasteiger partial charge on any atom is -0.383 e. The molecule has 4 heteroatoms. The predicted molar refractivity (Wildman–Crippen MR) is 102 cm³/mol. The molecule has 0 aromatic rings. The Bertz CT molecular complexity index is 372. The number of rotatable bonds is 8. The quantitative estimate of drug-likeness (QED) is 0.638. The lowest BCUT2D eigenvalue weighted by Gasteiger charge is -2.32. The predicted octanol–water partition coefficient (Wildman–Crippen LogP) is 2.39. The first-order chi connectivity index (χ1) is 11.9. The monoisotopic (exact) mass is 332 g/mol. The van der Waals surface area contributed by atoms with Gasteiger partial charge < -0.3 is 20.9 Å². The summed E-state index contributed by atoms with van der Waals surface area (Å²) < 4.78 is 0. The topological polar surface area (TPSA) is 39.3 Å². The van der Waals surface area contributed by atoms with Crippen molar-refractivity contribution in [3.8, 4) is 0 Å². The maximum Gasteiger partial charge on any atom is 0.0569 e. The van der Waals surface area contributed by atoms with E-state index in [4.69, 9.17) is 0 Å². The van der Waals surface area contributed by atoms with Crippen LogP contribution in [0.1, 0.15) is 51.4 Å². The van der Waals surface area contributed by atoms with Crippen LogP contribution in [0.2, 0.25) is 0 Å². The number of nitrogens with zero attached hydrogens (tertiary/aromatic N) is 1. The molecule has 2 fully saturated rings. The molecular formula is C20H36N4. The lowest BCUT2D eigenvalue weighted by atomic mass is 10.0. The molecule has 24 heavy (non-hydrogen) atoms. The molecule has 0 aliphatic carbocycles. The molecular weight excluding hydrogens is 296 g/mol. The Labute approximate surface area is 148 Å². The highest BCUT2D eigenvalue weighted by Crippen LogP contribution is 2.14. The van der Waals surface area contributed by atoms with E-state index < -0.39 is 0 Å². The zero-order chi connectivity index (χ0) is 16.5. The van der Waals surface area contributed by atoms with Gasteiger partial charge in [0.15, 0.2) is 0 Å². The lowest BCUT2D eigenvalue weighted by Crippen LogP contribution is -2.44. The third-order valence-corrected chi connectivity index (χ3v) is 5.73. The van der Waals surface area contributed by atoms with Gasteiger partial charge in [0.05, 0.1) is 6.04 Å². The van der Waals surface area contributed by atoms with E-state index >= 15 is 0 Å². The number of nitrogens with one attached hydrogen (secondary N) is 3. The zero-order valence-electron chi connectivity index (χ0n) is 15.2. The van der Waals surface area contributed by atoms with Gasteiger partial charge in [0.1, 0.15) is 0 Å². The summed E-state index contributed by atoms with van der Waals surface area (Å²) in [6, 6.07) is 1.95. The van der Waals surface area contributed by atoms with E-state index in [0.29, 0.717) is 6.04 Å². The first kappa shape index (κ1) is 18.0. The van der Waals surface area contributed by atoms with Crippen LogP contribution in [-0.4, -0.2) is 55.7 Å². The summed E-state index contributed by atoms with van der Waals surface area (Å²) in [4.78, 5) is 2.69. The largest absolute Gasteiger partial charge is 0.383 e. The van der Waals surface area contributed by atoms with Crippen LogP contribution in [0.5, 0.6) is 0 Å². The summed E-state index contributed by atoms with van der Waals surface area (Å²) in [7, 11) is 0. The third kappa shape index (κ3) is 6.23. The summed E-state index contributed by atoms with van der Waals surface area (Å²) in [5.41, 5.74) is 0. The number of allylic oxidation sites excluding steroid dienone is 2. The third-order valence-electron chi connectivity index (χ3n) is 5.73. The standard InChI is InChI=1S/C20H36N4/c1-4-12-21-18(7-1)10-15-24(17-20-9-3-6-14-23-20)16-11-19-8-2-5-13-22-19/h3,6,9,14,18-23H,1-2,4-5,7-8,10-13,15-17H2. The Hall–Kier alpha value is -0.840. The lowest BCUT2D eigenvalue weighted by molar-refractivity contribution is 0.219. The Balaban J connectivity index is 1.44. The van der Waals surface area contributed by atoms with Gasteiger partial charge in [-0.05, 0) is 77.0 Å². The van der Waals surface area contributed by atoms with Crippen molar-refractivity contribution in [3.05, 3.63) is 24.4 Å². The molecule has 3 aliphatic heterocycles. The van der Waals surface area contributed by atoms with Crippen LogP contribution in [0.3, 0.4) is 0 Å². The van der Waals surface area contributed by atoms with Crippen LogP contribution < -0.4 is 16.0 Å². The van der Waals surface area contributed by atoms with Gasteiger partial charge in [-0.15, -0.1) is 0 Å². The second kappa shape index (κ2) is 10.2. The minimum atomic E-state index is 0.466. The van der Waals surface area contributed by atoms with Gasteiger partial charge in [-0.1, -0.05) is 25.0 Å². The Morgan fingerprint density at radius 2 is 1.50 bits per heavy atom. The molecule has 136 valence electrons. The average molecular weight is 333 g/mol. The van der Waals surface area contributed by atoms with Gasteiger partial charge in [0.2, 0.25) is 0 Å². The highest BCUT2D eigenvalue weighted by molar-refractivity contribution is 5.12. The Kier molecular flexibility index (Phi) is 7.65. The molecule has 3 aliphatic rings. The maximum absolute atomic E-state index is 3.70. The van der Waals surface area contributed by atoms with Crippen LogP contribution in [0.25, 0.3) is 0 Å². The number of dihydropyridines is 1. The van der Waals surface area contributed by atoms with E-state index in [-0.39, 0.29) is 0 Å². The molecule has 2 saturated heterocycles. The average Bonchev–Trinajstić information content (AvgIpc) is 2.66. The second-order valence-electron chi connectivity index (χ2n) is 7.69. The molecule has 3 rings (SSSR count). The molecule has 0 bridgehead atoms. The highest BCUT2D eigenvalue weighted by atomic mass is 15.2. The molecule has 3 N–H and O–H groups in total. The summed E-state index contributed by atoms with van der Waals surface area (Å²) >= 11 is 0. The van der Waals surface area contributed by atoms with E-state index in [0.717, 1.165) is 18.6 Å². The van der Waals surface area contributed by atoms with Crippen LogP contribution >= 0.6 is 0 Å². The van der Waals surface area contributed by atoms with Gasteiger partial charge >= 0.3 is 0 Å². The van der Waals surface area contributed by atoms with Crippen molar-refractivity contribution < 1.29 is 0 Å². The molecule has 3 atom stereocenters. The Morgan fingerprint density at radius 1 is 0.833 bits per heavy atom. The van der Waals surface area contributed by atoms with Crippen LogP contribution in [0.15, 0.2) is 24.4 Å².